The molecule has 1 rings (SSSR count). The van der Waals surface area contributed by atoms with Crippen LogP contribution in [0.15, 0.2) is 15.2 Å². The van der Waals surface area contributed by atoms with Gasteiger partial charge in [-0.25, -0.2) is 0 Å². The minimum Gasteiger partial charge on any atom is -0.137 e. The maximum absolute atomic E-state index is 3.38. The molecule has 0 fully saturated rings. The molecule has 8 heavy (non-hydrogen) atoms. The van der Waals surface area contributed by atoms with Gasteiger partial charge in [-0.3, -0.25) is 0 Å². The molecule has 0 saturated carbocycles. The van der Waals surface area contributed by atoms with Gasteiger partial charge in [-0.05, 0) is 39.9 Å². The van der Waals surface area contributed by atoms with Crippen molar-refractivity contribution in [3.05, 3.63) is 20.8 Å². The molecule has 0 amide bonds. The third-order valence-electron chi connectivity index (χ3n) is 0.800. The average Bonchev–Trinajstić information content (AvgIpc) is 1.91. The van der Waals surface area contributed by atoms with Crippen molar-refractivity contribution in [2.24, 2.45) is 0 Å². The molecule has 0 bridgehead atoms. The number of aryl methyl sites for hydroxylation is 1. The molecule has 0 aliphatic heterocycles. The van der Waals surface area contributed by atoms with E-state index < -0.39 is 0 Å². The summed E-state index contributed by atoms with van der Waals surface area (Å²) >= 11 is 5.10. The predicted molar refractivity (Wildman–Crippen MR) is 36.8 cm³/mol. The molecule has 0 spiro atoms. The van der Waals surface area contributed by atoms with Gasteiger partial charge in [0.2, 0.25) is 0 Å². The van der Waals surface area contributed by atoms with Crippen LogP contribution in [0.4, 0.5) is 0 Å². The van der Waals surface area contributed by atoms with Crippen LogP contribution in [0, 0.1) is 6.92 Å². The van der Waals surface area contributed by atoms with E-state index in [1.165, 1.54) is 9.35 Å². The molecule has 0 unspecified atom stereocenters. The molecule has 0 aliphatic carbocycles. The van der Waals surface area contributed by atoms with Gasteiger partial charge in [0, 0.05) is 19.5 Å². The van der Waals surface area contributed by atoms with Gasteiger partial charge in [0.1, 0.15) is 0 Å². The zero-order valence-corrected chi connectivity index (χ0v) is 10.0. The van der Waals surface area contributed by atoms with E-state index in [-0.39, 0.29) is 19.5 Å². The number of halogens is 1. The Morgan fingerprint density at radius 2 is 2.25 bits per heavy atom. The maximum Gasteiger partial charge on any atom is 0.0727 e. The Labute approximate surface area is 74.2 Å². The van der Waals surface area contributed by atoms with Crippen molar-refractivity contribution in [2.75, 3.05) is 0 Å². The first-order valence-corrected chi connectivity index (χ1v) is 3.67. The first-order chi connectivity index (χ1) is 3.30. The van der Waals surface area contributed by atoms with Crippen LogP contribution in [0.2, 0.25) is 0 Å². The van der Waals surface area contributed by atoms with E-state index in [0.717, 1.165) is 0 Å². The van der Waals surface area contributed by atoms with Gasteiger partial charge in [0.05, 0.1) is 3.79 Å². The van der Waals surface area contributed by atoms with Gasteiger partial charge in [-0.2, -0.15) is 0 Å². The van der Waals surface area contributed by atoms with Gasteiger partial charge in [0.25, 0.3) is 0 Å². The number of hydrogen-bond acceptors (Lipinski definition) is 1. The van der Waals surface area contributed by atoms with E-state index in [9.17, 15) is 0 Å². The number of rotatable bonds is 0. The Hall–Kier alpha value is 0.803. The van der Waals surface area contributed by atoms with Crippen LogP contribution < -0.4 is 0 Å². The van der Waals surface area contributed by atoms with E-state index in [1.807, 2.05) is 0 Å². The van der Waals surface area contributed by atoms with Crippen molar-refractivity contribution in [3.8, 4) is 0 Å². The summed E-state index contributed by atoms with van der Waals surface area (Å²) in [4.78, 5) is 0. The molecular formula is C5H5BrSZn. The Morgan fingerprint density at radius 1 is 1.62 bits per heavy atom. The topological polar surface area (TPSA) is 0 Å². The molecule has 0 aliphatic rings. The average molecular weight is 242 g/mol. The van der Waals surface area contributed by atoms with Crippen LogP contribution in [0.3, 0.4) is 0 Å². The van der Waals surface area contributed by atoms with E-state index in [0.29, 0.717) is 0 Å². The Kier molecular flexibility index (Phi) is 4.14. The molecule has 0 radical (unpaired) electrons. The minimum absolute atomic E-state index is 0. The van der Waals surface area contributed by atoms with Gasteiger partial charge in [0.15, 0.2) is 0 Å². The van der Waals surface area contributed by atoms with E-state index >= 15 is 0 Å². The van der Waals surface area contributed by atoms with Gasteiger partial charge < -0.3 is 0 Å². The summed E-state index contributed by atoms with van der Waals surface area (Å²) in [6.45, 7) is 2.08. The standard InChI is InChI=1S/C5H5BrS.Zn/c1-4-2-3-7-5(4)6;/h2-3H,1H3;. The van der Waals surface area contributed by atoms with E-state index in [4.69, 9.17) is 0 Å². The van der Waals surface area contributed by atoms with Crippen LogP contribution in [-0.2, 0) is 19.5 Å². The molecule has 0 N–H and O–H groups in total. The van der Waals surface area contributed by atoms with Crippen LogP contribution in [0.1, 0.15) is 5.56 Å². The first kappa shape index (κ1) is 8.80. The SMILES string of the molecule is Cc1ccsc1Br.[Zn]. The van der Waals surface area contributed by atoms with Gasteiger partial charge >= 0.3 is 0 Å². The van der Waals surface area contributed by atoms with Crippen molar-refractivity contribution in [1.82, 2.24) is 0 Å². The molecular weight excluding hydrogens is 237 g/mol. The summed E-state index contributed by atoms with van der Waals surface area (Å²) in [6, 6.07) is 2.09. The molecule has 0 atom stereocenters. The minimum atomic E-state index is 0. The Morgan fingerprint density at radius 3 is 2.38 bits per heavy atom. The fraction of sp³-hybridized carbons (Fsp3) is 0.200. The monoisotopic (exact) mass is 240 g/mol. The molecule has 1 heterocycles. The fourth-order valence-electron chi connectivity index (χ4n) is 0.354. The normalized spacial score (nSPS) is 8.25. The smallest absolute Gasteiger partial charge is 0.0727 e. The summed E-state index contributed by atoms with van der Waals surface area (Å²) in [5.41, 5.74) is 1.32. The van der Waals surface area contributed by atoms with Gasteiger partial charge in [-0.1, -0.05) is 0 Å². The molecule has 1 aromatic rings. The summed E-state index contributed by atoms with van der Waals surface area (Å²) in [6.07, 6.45) is 0. The summed E-state index contributed by atoms with van der Waals surface area (Å²) in [7, 11) is 0. The zero-order valence-electron chi connectivity index (χ0n) is 4.65. The quantitative estimate of drug-likeness (QED) is 0.614. The molecule has 0 saturated heterocycles. The maximum atomic E-state index is 3.38. The van der Waals surface area contributed by atoms with Crippen molar-refractivity contribution >= 4 is 27.3 Å². The summed E-state index contributed by atoms with van der Waals surface area (Å²) < 4.78 is 1.24. The second-order valence-electron chi connectivity index (χ2n) is 1.38. The summed E-state index contributed by atoms with van der Waals surface area (Å²) in [5.74, 6) is 0. The molecule has 0 aromatic carbocycles. The zero-order chi connectivity index (χ0) is 5.28. The van der Waals surface area contributed by atoms with E-state index in [1.54, 1.807) is 11.3 Å². The van der Waals surface area contributed by atoms with Crippen LogP contribution in [0.5, 0.6) is 0 Å². The van der Waals surface area contributed by atoms with Crippen molar-refractivity contribution in [3.63, 3.8) is 0 Å². The molecule has 0 nitrogen and oxygen atoms in total. The number of thiophene rings is 1. The van der Waals surface area contributed by atoms with Gasteiger partial charge in [-0.15, -0.1) is 11.3 Å². The summed E-state index contributed by atoms with van der Waals surface area (Å²) in [5, 5.41) is 2.07. The Balaban J connectivity index is 0.000000490. The third kappa shape index (κ3) is 1.96. The van der Waals surface area contributed by atoms with Crippen LogP contribution in [-0.4, -0.2) is 0 Å². The number of hydrogen-bond donors (Lipinski definition) is 0. The van der Waals surface area contributed by atoms with Crippen LogP contribution in [0.25, 0.3) is 0 Å². The second-order valence-corrected chi connectivity index (χ2v) is 3.61. The second kappa shape index (κ2) is 3.76. The molecule has 1 aromatic heterocycles. The van der Waals surface area contributed by atoms with E-state index in [2.05, 4.69) is 34.3 Å². The largest absolute Gasteiger partial charge is 0.137 e. The fourth-order valence-corrected chi connectivity index (χ4v) is 1.46. The third-order valence-corrected chi connectivity index (χ3v) is 2.79. The van der Waals surface area contributed by atoms with Crippen LogP contribution >= 0.6 is 27.3 Å². The Bertz CT molecular complexity index is 145. The van der Waals surface area contributed by atoms with Crippen molar-refractivity contribution < 1.29 is 19.5 Å². The molecule has 40 valence electrons. The predicted octanol–water partition coefficient (Wildman–Crippen LogP) is 2.82. The molecule has 3 heteroatoms. The van der Waals surface area contributed by atoms with Crippen molar-refractivity contribution in [1.29, 1.82) is 0 Å². The van der Waals surface area contributed by atoms with Crippen molar-refractivity contribution in [2.45, 2.75) is 6.92 Å². The first-order valence-electron chi connectivity index (χ1n) is 2.00.